The largest absolute Gasteiger partial charge is 0.488 e. The fourth-order valence-corrected chi connectivity index (χ4v) is 5.11. The van der Waals surface area contributed by atoms with Crippen molar-refractivity contribution in [2.45, 2.75) is 60.0 Å². The fraction of sp³-hybridized carbons (Fsp3) is 0.250. The van der Waals surface area contributed by atoms with Gasteiger partial charge in [0.2, 0.25) is 0 Å². The molecule has 0 saturated heterocycles. The first-order valence-electron chi connectivity index (χ1n) is 15.3. The summed E-state index contributed by atoms with van der Waals surface area (Å²) in [6.45, 7) is 12.2. The number of fused-ring (bicyclic) bond motifs is 1. The van der Waals surface area contributed by atoms with Crippen LogP contribution in [0.25, 0.3) is 33.0 Å². The summed E-state index contributed by atoms with van der Waals surface area (Å²) >= 11 is 0. The van der Waals surface area contributed by atoms with Gasteiger partial charge in [0.1, 0.15) is 17.1 Å². The predicted octanol–water partition coefficient (Wildman–Crippen LogP) is 10.6. The molecule has 0 spiro atoms. The summed E-state index contributed by atoms with van der Waals surface area (Å²) in [5.41, 5.74) is 4.13. The molecule has 5 aromatic rings. The monoisotopic (exact) mass is 584 g/mol. The molecule has 224 valence electrons. The molecule has 0 aliphatic heterocycles. The minimum atomic E-state index is -0.483. The van der Waals surface area contributed by atoms with E-state index in [1.165, 1.54) is 0 Å². The van der Waals surface area contributed by atoms with E-state index in [9.17, 15) is 9.59 Å². The third-order valence-corrected chi connectivity index (χ3v) is 8.52. The Morgan fingerprint density at radius 1 is 0.591 bits per heavy atom. The second-order valence-electron chi connectivity index (χ2n) is 12.5. The lowest BCUT2D eigenvalue weighted by Gasteiger charge is -2.26. The van der Waals surface area contributed by atoms with Gasteiger partial charge in [-0.2, -0.15) is 0 Å². The standard InChI is InChI=1S/C40H40O4/c1-7-39(3,4)37(41)29-19-21-30(22-20-29)38(42)43-31-23-33(27-15-11-9-12-16-27)36-26-32(44-40(5,6)8-2)25-34(35(36)24-31)28-17-13-10-14-18-28/h9-26H,7-8H2,1-6H3. The topological polar surface area (TPSA) is 52.6 Å². The zero-order chi connectivity index (χ0) is 31.5. The molecule has 0 unspecified atom stereocenters. The van der Waals surface area contributed by atoms with Gasteiger partial charge in [0.05, 0.1) is 5.56 Å². The molecule has 0 N–H and O–H groups in total. The number of carbonyl (C=O) groups excluding carboxylic acids is 2. The van der Waals surface area contributed by atoms with Gasteiger partial charge in [-0.25, -0.2) is 4.79 Å². The van der Waals surface area contributed by atoms with Gasteiger partial charge < -0.3 is 9.47 Å². The summed E-state index contributed by atoms with van der Waals surface area (Å²) in [4.78, 5) is 26.3. The maximum atomic E-state index is 13.4. The number of rotatable bonds is 10. The summed E-state index contributed by atoms with van der Waals surface area (Å²) in [6.07, 6.45) is 1.59. The van der Waals surface area contributed by atoms with Crippen molar-refractivity contribution < 1.29 is 19.1 Å². The van der Waals surface area contributed by atoms with Crippen molar-refractivity contribution in [3.8, 4) is 33.8 Å². The normalized spacial score (nSPS) is 11.8. The van der Waals surface area contributed by atoms with Crippen molar-refractivity contribution in [3.05, 3.63) is 120 Å². The lowest BCUT2D eigenvalue weighted by atomic mass is 9.82. The van der Waals surface area contributed by atoms with Crippen LogP contribution in [0.5, 0.6) is 11.5 Å². The van der Waals surface area contributed by atoms with Crippen LogP contribution >= 0.6 is 0 Å². The van der Waals surface area contributed by atoms with Crippen LogP contribution in [-0.2, 0) is 0 Å². The van der Waals surface area contributed by atoms with E-state index in [4.69, 9.17) is 9.47 Å². The van der Waals surface area contributed by atoms with E-state index in [0.29, 0.717) is 16.9 Å². The molecule has 0 bridgehead atoms. The van der Waals surface area contributed by atoms with Gasteiger partial charge in [-0.1, -0.05) is 100 Å². The highest BCUT2D eigenvalue weighted by Gasteiger charge is 2.27. The highest BCUT2D eigenvalue weighted by Crippen LogP contribution is 2.42. The van der Waals surface area contributed by atoms with Crippen LogP contribution in [0.4, 0.5) is 0 Å². The minimum absolute atomic E-state index is 0.0565. The number of esters is 1. The molecule has 5 rings (SSSR count). The van der Waals surface area contributed by atoms with Crippen LogP contribution in [0, 0.1) is 5.41 Å². The maximum Gasteiger partial charge on any atom is 0.343 e. The van der Waals surface area contributed by atoms with Gasteiger partial charge in [-0.15, -0.1) is 0 Å². The Kier molecular flexibility index (Phi) is 8.73. The summed E-state index contributed by atoms with van der Waals surface area (Å²) < 4.78 is 12.5. The summed E-state index contributed by atoms with van der Waals surface area (Å²) in [6, 6.07) is 35.0. The van der Waals surface area contributed by atoms with Crippen molar-refractivity contribution in [2.75, 3.05) is 0 Å². The molecular formula is C40H40O4. The van der Waals surface area contributed by atoms with Gasteiger partial charge >= 0.3 is 5.97 Å². The highest BCUT2D eigenvalue weighted by molar-refractivity contribution is 6.07. The molecule has 44 heavy (non-hydrogen) atoms. The number of benzene rings is 5. The first-order chi connectivity index (χ1) is 21.0. The highest BCUT2D eigenvalue weighted by atomic mass is 16.5. The SMILES string of the molecule is CCC(C)(C)Oc1cc(-c2ccccc2)c2cc(OC(=O)c3ccc(C(=O)C(C)(C)CC)cc3)cc(-c3ccccc3)c2c1. The Morgan fingerprint density at radius 2 is 1.07 bits per heavy atom. The van der Waals surface area contributed by atoms with E-state index in [2.05, 4.69) is 57.2 Å². The van der Waals surface area contributed by atoms with Crippen LogP contribution in [0.1, 0.15) is 75.1 Å². The quantitative estimate of drug-likeness (QED) is 0.0931. The Morgan fingerprint density at radius 3 is 1.57 bits per heavy atom. The predicted molar refractivity (Wildman–Crippen MR) is 180 cm³/mol. The molecule has 4 heteroatoms. The van der Waals surface area contributed by atoms with Gasteiger partial charge in [0, 0.05) is 11.0 Å². The lowest BCUT2D eigenvalue weighted by Crippen LogP contribution is -2.26. The number of ketones is 1. The second kappa shape index (κ2) is 12.5. The van der Waals surface area contributed by atoms with Crippen molar-refractivity contribution in [1.82, 2.24) is 0 Å². The average molecular weight is 585 g/mol. The Bertz CT molecular complexity index is 1780. The van der Waals surface area contributed by atoms with Gasteiger partial charge in [0.25, 0.3) is 0 Å². The summed E-state index contributed by atoms with van der Waals surface area (Å²) in [5, 5.41) is 1.95. The van der Waals surface area contributed by atoms with Crippen LogP contribution in [0.2, 0.25) is 0 Å². The van der Waals surface area contributed by atoms with Gasteiger partial charge in [0.15, 0.2) is 5.78 Å². The number of carbonyl (C=O) groups is 2. The smallest absolute Gasteiger partial charge is 0.343 e. The average Bonchev–Trinajstić information content (AvgIpc) is 3.04. The molecule has 4 nitrogen and oxygen atoms in total. The van der Waals surface area contributed by atoms with E-state index in [0.717, 1.165) is 51.6 Å². The number of Topliss-reactive ketones (excluding diaryl/α,β-unsaturated/α-hetero) is 1. The molecule has 5 aromatic carbocycles. The lowest BCUT2D eigenvalue weighted by molar-refractivity contribution is 0.0733. The van der Waals surface area contributed by atoms with Crippen molar-refractivity contribution in [2.24, 2.45) is 5.41 Å². The molecule has 0 fully saturated rings. The third-order valence-electron chi connectivity index (χ3n) is 8.52. The second-order valence-corrected chi connectivity index (χ2v) is 12.5. The van der Waals surface area contributed by atoms with Crippen molar-refractivity contribution in [1.29, 1.82) is 0 Å². The molecule has 0 saturated carbocycles. The number of ether oxygens (including phenoxy) is 2. The van der Waals surface area contributed by atoms with Crippen LogP contribution in [-0.4, -0.2) is 17.4 Å². The van der Waals surface area contributed by atoms with Crippen LogP contribution in [0.3, 0.4) is 0 Å². The Labute approximate surface area is 260 Å². The molecule has 0 aliphatic carbocycles. The number of hydrogen-bond donors (Lipinski definition) is 0. The molecule has 0 heterocycles. The molecular weight excluding hydrogens is 544 g/mol. The van der Waals surface area contributed by atoms with Crippen LogP contribution in [0.15, 0.2) is 109 Å². The Balaban J connectivity index is 1.62. The van der Waals surface area contributed by atoms with Crippen molar-refractivity contribution in [3.63, 3.8) is 0 Å². The zero-order valence-electron chi connectivity index (χ0n) is 26.4. The first-order valence-corrected chi connectivity index (χ1v) is 15.3. The molecule has 0 aromatic heterocycles. The third kappa shape index (κ3) is 6.60. The van der Waals surface area contributed by atoms with E-state index in [1.54, 1.807) is 24.3 Å². The maximum absolute atomic E-state index is 13.4. The summed E-state index contributed by atoms with van der Waals surface area (Å²) in [5.74, 6) is 0.795. The zero-order valence-corrected chi connectivity index (χ0v) is 26.4. The van der Waals surface area contributed by atoms with Gasteiger partial charge in [-0.3, -0.25) is 4.79 Å². The fourth-order valence-electron chi connectivity index (χ4n) is 5.11. The minimum Gasteiger partial charge on any atom is -0.488 e. The van der Waals surface area contributed by atoms with E-state index in [1.807, 2.05) is 69.3 Å². The first kappa shape index (κ1) is 30.7. The molecule has 0 radical (unpaired) electrons. The molecule has 0 atom stereocenters. The van der Waals surface area contributed by atoms with Gasteiger partial charge in [-0.05, 0) is 96.1 Å². The van der Waals surface area contributed by atoms with E-state index in [-0.39, 0.29) is 11.4 Å². The molecule has 0 aliphatic rings. The van der Waals surface area contributed by atoms with E-state index >= 15 is 0 Å². The Hall–Kier alpha value is -4.70. The van der Waals surface area contributed by atoms with Crippen molar-refractivity contribution >= 4 is 22.5 Å². The number of hydrogen-bond acceptors (Lipinski definition) is 4. The molecule has 0 amide bonds. The van der Waals surface area contributed by atoms with E-state index < -0.39 is 11.4 Å². The summed E-state index contributed by atoms with van der Waals surface area (Å²) in [7, 11) is 0. The van der Waals surface area contributed by atoms with Crippen LogP contribution < -0.4 is 9.47 Å².